The molecule has 4 rings (SSSR count). The Hall–Kier alpha value is -3.34. The third-order valence-corrected chi connectivity index (χ3v) is 4.86. The lowest BCUT2D eigenvalue weighted by atomic mass is 10.1. The molecule has 0 spiro atoms. The average molecular weight is 358 g/mol. The van der Waals surface area contributed by atoms with Crippen molar-refractivity contribution in [2.45, 2.75) is 13.5 Å². The van der Waals surface area contributed by atoms with E-state index in [4.69, 9.17) is 0 Å². The summed E-state index contributed by atoms with van der Waals surface area (Å²) >= 11 is 0. The summed E-state index contributed by atoms with van der Waals surface area (Å²) in [5.74, 6) is -0.0580. The van der Waals surface area contributed by atoms with E-state index in [-0.39, 0.29) is 5.91 Å². The summed E-state index contributed by atoms with van der Waals surface area (Å²) in [5.41, 5.74) is 4.66. The molecule has 0 bridgehead atoms. The van der Waals surface area contributed by atoms with Gasteiger partial charge in [0, 0.05) is 37.4 Å². The van der Waals surface area contributed by atoms with Crippen molar-refractivity contribution in [3.63, 3.8) is 0 Å². The highest BCUT2D eigenvalue weighted by molar-refractivity contribution is 5.93. The van der Waals surface area contributed by atoms with Gasteiger partial charge in [-0.25, -0.2) is 0 Å². The predicted octanol–water partition coefficient (Wildman–Crippen LogP) is 4.11. The van der Waals surface area contributed by atoms with E-state index >= 15 is 0 Å². The van der Waals surface area contributed by atoms with E-state index < -0.39 is 0 Å². The van der Waals surface area contributed by atoms with Gasteiger partial charge in [-0.05, 0) is 30.5 Å². The van der Waals surface area contributed by atoms with Crippen LogP contribution in [0.5, 0.6) is 0 Å². The van der Waals surface area contributed by atoms with Crippen LogP contribution in [0.25, 0.3) is 22.2 Å². The Labute approximate surface area is 158 Å². The van der Waals surface area contributed by atoms with Gasteiger partial charge >= 0.3 is 0 Å². The van der Waals surface area contributed by atoms with Crippen LogP contribution in [0.1, 0.15) is 16.1 Å². The van der Waals surface area contributed by atoms with E-state index in [0.717, 1.165) is 17.8 Å². The molecule has 136 valence electrons. The molecule has 5 heteroatoms. The third-order valence-electron chi connectivity index (χ3n) is 4.86. The topological polar surface area (TPSA) is 53.9 Å². The van der Waals surface area contributed by atoms with Crippen LogP contribution >= 0.6 is 0 Å². The number of rotatable bonds is 5. The minimum Gasteiger partial charge on any atom is -0.346 e. The van der Waals surface area contributed by atoms with Crippen LogP contribution < -0.4 is 0 Å². The molecular formula is C22H22N4O. The van der Waals surface area contributed by atoms with Crippen LogP contribution in [0.15, 0.2) is 66.9 Å². The van der Waals surface area contributed by atoms with E-state index in [1.807, 2.05) is 56.4 Å². The van der Waals surface area contributed by atoms with E-state index in [1.165, 1.54) is 16.5 Å². The van der Waals surface area contributed by atoms with Gasteiger partial charge in [-0.3, -0.25) is 9.89 Å². The van der Waals surface area contributed by atoms with Crippen LogP contribution in [0.3, 0.4) is 0 Å². The molecule has 0 aliphatic heterocycles. The van der Waals surface area contributed by atoms with Crippen molar-refractivity contribution in [1.29, 1.82) is 0 Å². The fourth-order valence-electron chi connectivity index (χ4n) is 3.20. The Bertz CT molecular complexity index is 1080. The van der Waals surface area contributed by atoms with Gasteiger partial charge in [0.05, 0.1) is 5.69 Å². The lowest BCUT2D eigenvalue weighted by Gasteiger charge is -2.17. The summed E-state index contributed by atoms with van der Waals surface area (Å²) in [6.45, 7) is 3.41. The summed E-state index contributed by atoms with van der Waals surface area (Å²) in [4.78, 5) is 14.4. The van der Waals surface area contributed by atoms with Crippen LogP contribution in [0.4, 0.5) is 0 Å². The number of para-hydroxylation sites is 1. The third kappa shape index (κ3) is 3.49. The molecule has 0 aliphatic carbocycles. The fraction of sp³-hybridized carbons (Fsp3) is 0.182. The smallest absolute Gasteiger partial charge is 0.271 e. The number of carbonyl (C=O) groups excluding carboxylic acids is 1. The number of nitrogens with one attached hydrogen (secondary N) is 1. The van der Waals surface area contributed by atoms with Crippen LogP contribution in [0, 0.1) is 6.92 Å². The number of aromatic nitrogens is 3. The zero-order chi connectivity index (χ0) is 18.8. The van der Waals surface area contributed by atoms with E-state index in [1.54, 1.807) is 4.90 Å². The van der Waals surface area contributed by atoms with Crippen LogP contribution in [-0.2, 0) is 6.54 Å². The molecule has 0 fully saturated rings. The second-order valence-electron chi connectivity index (χ2n) is 6.83. The number of hydrogen-bond donors (Lipinski definition) is 1. The van der Waals surface area contributed by atoms with Crippen molar-refractivity contribution in [3.8, 4) is 11.3 Å². The number of amides is 1. The Morgan fingerprint density at radius 2 is 1.89 bits per heavy atom. The SMILES string of the molecule is Cc1ccc(-c2cc(C(=O)N(C)CCn3ccc4ccccc43)[nH]n2)cc1. The molecule has 0 aliphatic rings. The molecule has 27 heavy (non-hydrogen) atoms. The highest BCUT2D eigenvalue weighted by Crippen LogP contribution is 2.19. The average Bonchev–Trinajstić information content (AvgIpc) is 3.33. The van der Waals surface area contributed by atoms with Crippen molar-refractivity contribution < 1.29 is 4.79 Å². The first-order chi connectivity index (χ1) is 13.1. The van der Waals surface area contributed by atoms with Gasteiger partial charge in [-0.15, -0.1) is 0 Å². The lowest BCUT2D eigenvalue weighted by Crippen LogP contribution is -2.30. The zero-order valence-electron chi connectivity index (χ0n) is 15.5. The molecular weight excluding hydrogens is 336 g/mol. The second kappa shape index (κ2) is 7.11. The molecule has 1 N–H and O–H groups in total. The van der Waals surface area contributed by atoms with Gasteiger partial charge in [-0.1, -0.05) is 48.0 Å². The number of benzene rings is 2. The fourth-order valence-corrected chi connectivity index (χ4v) is 3.20. The summed E-state index contributed by atoms with van der Waals surface area (Å²) in [5, 5.41) is 8.38. The molecule has 0 atom stereocenters. The molecule has 2 aromatic heterocycles. The number of fused-ring (bicyclic) bond motifs is 1. The van der Waals surface area contributed by atoms with E-state index in [0.29, 0.717) is 12.2 Å². The van der Waals surface area contributed by atoms with Gasteiger partial charge in [0.25, 0.3) is 5.91 Å². The zero-order valence-corrected chi connectivity index (χ0v) is 15.5. The van der Waals surface area contributed by atoms with Crippen LogP contribution in [-0.4, -0.2) is 39.2 Å². The highest BCUT2D eigenvalue weighted by atomic mass is 16.2. The van der Waals surface area contributed by atoms with E-state index in [2.05, 4.69) is 39.2 Å². The quantitative estimate of drug-likeness (QED) is 0.584. The molecule has 0 unspecified atom stereocenters. The number of carbonyl (C=O) groups is 1. The number of H-pyrrole nitrogens is 1. The minimum absolute atomic E-state index is 0.0580. The Kier molecular flexibility index (Phi) is 4.50. The van der Waals surface area contributed by atoms with Gasteiger partial charge in [0.2, 0.25) is 0 Å². The van der Waals surface area contributed by atoms with Crippen LogP contribution in [0.2, 0.25) is 0 Å². The summed E-state index contributed by atoms with van der Waals surface area (Å²) in [7, 11) is 1.82. The standard InChI is InChI=1S/C22H22N4O/c1-16-7-9-17(10-8-16)19-15-20(24-23-19)22(27)25(2)13-14-26-12-11-18-5-3-4-6-21(18)26/h3-12,15H,13-14H2,1-2H3,(H,23,24). The molecule has 1 amide bonds. The van der Waals surface area contributed by atoms with Gasteiger partial charge in [0.15, 0.2) is 0 Å². The predicted molar refractivity (Wildman–Crippen MR) is 108 cm³/mol. The molecule has 0 radical (unpaired) electrons. The maximum atomic E-state index is 12.7. The summed E-state index contributed by atoms with van der Waals surface area (Å²) in [6, 6.07) is 20.3. The van der Waals surface area contributed by atoms with Crippen molar-refractivity contribution in [2.24, 2.45) is 0 Å². The molecule has 2 heterocycles. The minimum atomic E-state index is -0.0580. The maximum absolute atomic E-state index is 12.7. The number of aryl methyl sites for hydroxylation is 1. The molecule has 5 nitrogen and oxygen atoms in total. The van der Waals surface area contributed by atoms with Crippen molar-refractivity contribution in [1.82, 2.24) is 19.7 Å². The molecule has 0 saturated carbocycles. The number of hydrogen-bond acceptors (Lipinski definition) is 2. The molecule has 4 aromatic rings. The van der Waals surface area contributed by atoms with Crippen molar-refractivity contribution in [3.05, 3.63) is 78.1 Å². The number of likely N-dealkylation sites (N-methyl/N-ethyl adjacent to an activating group) is 1. The monoisotopic (exact) mass is 358 g/mol. The second-order valence-corrected chi connectivity index (χ2v) is 6.83. The maximum Gasteiger partial charge on any atom is 0.271 e. The van der Waals surface area contributed by atoms with Crippen molar-refractivity contribution in [2.75, 3.05) is 13.6 Å². The van der Waals surface area contributed by atoms with Gasteiger partial charge < -0.3 is 9.47 Å². The summed E-state index contributed by atoms with van der Waals surface area (Å²) < 4.78 is 2.17. The molecule has 0 saturated heterocycles. The Balaban J connectivity index is 1.44. The van der Waals surface area contributed by atoms with Gasteiger partial charge in [0.1, 0.15) is 5.69 Å². The first-order valence-corrected chi connectivity index (χ1v) is 9.03. The highest BCUT2D eigenvalue weighted by Gasteiger charge is 2.15. The molecule has 2 aromatic carbocycles. The van der Waals surface area contributed by atoms with Crippen molar-refractivity contribution >= 4 is 16.8 Å². The lowest BCUT2D eigenvalue weighted by molar-refractivity contribution is 0.0785. The van der Waals surface area contributed by atoms with E-state index in [9.17, 15) is 4.79 Å². The number of nitrogens with zero attached hydrogens (tertiary/aromatic N) is 3. The Morgan fingerprint density at radius 3 is 2.70 bits per heavy atom. The normalized spacial score (nSPS) is 11.0. The number of aromatic amines is 1. The Morgan fingerprint density at radius 1 is 1.11 bits per heavy atom. The first-order valence-electron chi connectivity index (χ1n) is 9.03. The van der Waals surface area contributed by atoms with Gasteiger partial charge in [-0.2, -0.15) is 5.10 Å². The first kappa shape index (κ1) is 17.1. The summed E-state index contributed by atoms with van der Waals surface area (Å²) in [6.07, 6.45) is 2.06. The largest absolute Gasteiger partial charge is 0.346 e.